The Morgan fingerprint density at radius 1 is 1.55 bits per heavy atom. The van der Waals surface area contributed by atoms with Gasteiger partial charge >= 0.3 is 0 Å². The molecule has 1 heterocycles. The van der Waals surface area contributed by atoms with E-state index >= 15 is 0 Å². The predicted octanol–water partition coefficient (Wildman–Crippen LogP) is 1.18. The Kier molecular flexibility index (Phi) is 2.79. The van der Waals surface area contributed by atoms with Gasteiger partial charge in [0, 0.05) is 18.6 Å². The number of nitrogens with two attached hydrogens (primary N) is 1. The van der Waals surface area contributed by atoms with Crippen molar-refractivity contribution in [1.82, 2.24) is 0 Å². The number of ether oxygens (including phenoxy) is 1. The zero-order valence-electron chi connectivity index (χ0n) is 6.71. The maximum Gasteiger partial charge on any atom is 0.0534 e. The van der Waals surface area contributed by atoms with Crippen LogP contribution < -0.4 is 5.73 Å². The number of hydrogen-bond acceptors (Lipinski definition) is 2. The second-order valence-corrected chi connectivity index (χ2v) is 3.83. The average Bonchev–Trinajstić information content (AvgIpc) is 2.29. The molecule has 2 nitrogen and oxygen atoms in total. The van der Waals surface area contributed by atoms with Gasteiger partial charge in [0.25, 0.3) is 0 Å². The van der Waals surface area contributed by atoms with Gasteiger partial charge in [-0.05, 0) is 25.2 Å². The van der Waals surface area contributed by atoms with Crippen LogP contribution in [0.25, 0.3) is 0 Å². The minimum absolute atomic E-state index is 0. The van der Waals surface area contributed by atoms with Gasteiger partial charge in [0.15, 0.2) is 0 Å². The van der Waals surface area contributed by atoms with E-state index in [0.717, 1.165) is 25.7 Å². The summed E-state index contributed by atoms with van der Waals surface area (Å²) in [6, 6.07) is 0. The number of hydrogen-bond donors (Lipinski definition) is 1. The third-order valence-corrected chi connectivity index (χ3v) is 3.00. The van der Waals surface area contributed by atoms with Crippen LogP contribution >= 0.6 is 12.4 Å². The molecule has 2 unspecified atom stereocenters. The zero-order chi connectivity index (χ0) is 7.03. The number of fused-ring (bicyclic) bond motifs is 2. The van der Waals surface area contributed by atoms with E-state index in [2.05, 4.69) is 0 Å². The van der Waals surface area contributed by atoms with Crippen molar-refractivity contribution in [1.29, 1.82) is 0 Å². The number of halogens is 1. The fraction of sp³-hybridized carbons (Fsp3) is 1.00. The lowest BCUT2D eigenvalue weighted by atomic mass is 9.85. The topological polar surface area (TPSA) is 35.2 Å². The van der Waals surface area contributed by atoms with Gasteiger partial charge < -0.3 is 10.5 Å². The molecular weight excluding hydrogens is 162 g/mol. The summed E-state index contributed by atoms with van der Waals surface area (Å²) in [4.78, 5) is 0. The Bertz CT molecular complexity index is 138. The van der Waals surface area contributed by atoms with Crippen LogP contribution in [0.15, 0.2) is 0 Å². The van der Waals surface area contributed by atoms with Gasteiger partial charge in [0.1, 0.15) is 0 Å². The largest absolute Gasteiger partial charge is 0.381 e. The van der Waals surface area contributed by atoms with E-state index < -0.39 is 0 Å². The van der Waals surface area contributed by atoms with Crippen LogP contribution in [0.2, 0.25) is 0 Å². The van der Waals surface area contributed by atoms with Gasteiger partial charge in [-0.3, -0.25) is 0 Å². The summed E-state index contributed by atoms with van der Waals surface area (Å²) in [6.45, 7) is 2.73. The first-order valence-electron chi connectivity index (χ1n) is 4.12. The van der Waals surface area contributed by atoms with Gasteiger partial charge in [-0.15, -0.1) is 12.4 Å². The average molecular weight is 178 g/mol. The van der Waals surface area contributed by atoms with Crippen LogP contribution in [0.4, 0.5) is 0 Å². The Hall–Kier alpha value is 0.210. The molecule has 1 saturated carbocycles. The van der Waals surface area contributed by atoms with Crippen molar-refractivity contribution in [2.45, 2.75) is 19.3 Å². The summed E-state index contributed by atoms with van der Waals surface area (Å²) >= 11 is 0. The smallest absolute Gasteiger partial charge is 0.0534 e. The molecule has 2 bridgehead atoms. The number of rotatable bonds is 1. The monoisotopic (exact) mass is 177 g/mol. The van der Waals surface area contributed by atoms with E-state index in [0.29, 0.717) is 5.41 Å². The van der Waals surface area contributed by atoms with Crippen LogP contribution in [0.3, 0.4) is 0 Å². The highest BCUT2D eigenvalue weighted by Crippen LogP contribution is 2.44. The lowest BCUT2D eigenvalue weighted by Gasteiger charge is -2.31. The summed E-state index contributed by atoms with van der Waals surface area (Å²) in [5, 5.41) is 0. The van der Waals surface area contributed by atoms with E-state index in [1.165, 1.54) is 19.3 Å². The molecule has 1 saturated heterocycles. The molecule has 0 aromatic heterocycles. The van der Waals surface area contributed by atoms with E-state index in [-0.39, 0.29) is 12.4 Å². The van der Waals surface area contributed by atoms with Gasteiger partial charge in [-0.25, -0.2) is 0 Å². The molecule has 2 aliphatic rings. The molecular formula is C8H16ClNO. The summed E-state index contributed by atoms with van der Waals surface area (Å²) < 4.78 is 5.47. The molecule has 66 valence electrons. The van der Waals surface area contributed by atoms with E-state index in [4.69, 9.17) is 10.5 Å². The molecule has 11 heavy (non-hydrogen) atoms. The third-order valence-electron chi connectivity index (χ3n) is 3.00. The first-order chi connectivity index (χ1) is 4.85. The highest BCUT2D eigenvalue weighted by Gasteiger charge is 2.41. The summed E-state index contributed by atoms with van der Waals surface area (Å²) in [6.07, 6.45) is 3.97. The minimum Gasteiger partial charge on any atom is -0.381 e. The molecule has 2 fully saturated rings. The molecule has 0 radical (unpaired) electrons. The third kappa shape index (κ3) is 1.53. The highest BCUT2D eigenvalue weighted by atomic mass is 35.5. The summed E-state index contributed by atoms with van der Waals surface area (Å²) in [5.41, 5.74) is 6.09. The summed E-state index contributed by atoms with van der Waals surface area (Å²) in [5.74, 6) is 0.831. The lowest BCUT2D eigenvalue weighted by molar-refractivity contribution is -0.000388. The van der Waals surface area contributed by atoms with Crippen molar-refractivity contribution in [3.8, 4) is 0 Å². The fourth-order valence-corrected chi connectivity index (χ4v) is 2.29. The normalized spacial score (nSPS) is 41.7. The van der Waals surface area contributed by atoms with Gasteiger partial charge in [0.2, 0.25) is 0 Å². The molecule has 2 rings (SSSR count). The Balaban J connectivity index is 0.000000605. The van der Waals surface area contributed by atoms with Crippen LogP contribution in [0.5, 0.6) is 0 Å². The lowest BCUT2D eigenvalue weighted by Crippen LogP contribution is -2.36. The molecule has 1 aliphatic heterocycles. The molecule has 3 heteroatoms. The van der Waals surface area contributed by atoms with Crippen LogP contribution in [-0.2, 0) is 4.74 Å². The van der Waals surface area contributed by atoms with Crippen molar-refractivity contribution in [2.75, 3.05) is 19.8 Å². The Morgan fingerprint density at radius 3 is 3.00 bits per heavy atom. The predicted molar refractivity (Wildman–Crippen MR) is 46.9 cm³/mol. The Labute approximate surface area is 73.9 Å². The van der Waals surface area contributed by atoms with Gasteiger partial charge in [0.05, 0.1) is 6.61 Å². The van der Waals surface area contributed by atoms with Crippen molar-refractivity contribution in [2.24, 2.45) is 17.1 Å². The fourth-order valence-electron chi connectivity index (χ4n) is 2.29. The molecule has 0 aromatic rings. The maximum atomic E-state index is 5.70. The van der Waals surface area contributed by atoms with Crippen LogP contribution in [0, 0.1) is 11.3 Å². The van der Waals surface area contributed by atoms with E-state index in [1.54, 1.807) is 0 Å². The molecule has 1 aliphatic carbocycles. The first kappa shape index (κ1) is 9.30. The summed E-state index contributed by atoms with van der Waals surface area (Å²) in [7, 11) is 0. The van der Waals surface area contributed by atoms with Crippen molar-refractivity contribution in [3.05, 3.63) is 0 Å². The Morgan fingerprint density at radius 2 is 2.36 bits per heavy atom. The first-order valence-corrected chi connectivity index (χ1v) is 4.12. The maximum absolute atomic E-state index is 5.70. The second kappa shape index (κ2) is 3.30. The molecule has 0 amide bonds. The van der Waals surface area contributed by atoms with Gasteiger partial charge in [-0.1, -0.05) is 0 Å². The molecule has 2 N–H and O–H groups in total. The highest BCUT2D eigenvalue weighted by molar-refractivity contribution is 5.85. The molecule has 2 atom stereocenters. The standard InChI is InChI=1S/C8H15NO.ClH/c9-5-8-2-1-7(3-8)4-10-6-8;/h7H,1-6,9H2;1H. The van der Waals surface area contributed by atoms with Gasteiger partial charge in [-0.2, -0.15) is 0 Å². The second-order valence-electron chi connectivity index (χ2n) is 3.83. The quantitative estimate of drug-likeness (QED) is 0.653. The van der Waals surface area contributed by atoms with E-state index in [9.17, 15) is 0 Å². The molecule has 0 spiro atoms. The van der Waals surface area contributed by atoms with Crippen molar-refractivity contribution < 1.29 is 4.74 Å². The van der Waals surface area contributed by atoms with Crippen LogP contribution in [0.1, 0.15) is 19.3 Å². The van der Waals surface area contributed by atoms with Crippen LogP contribution in [-0.4, -0.2) is 19.8 Å². The zero-order valence-corrected chi connectivity index (χ0v) is 7.53. The molecule has 0 aromatic carbocycles. The van der Waals surface area contributed by atoms with Crippen molar-refractivity contribution >= 4 is 12.4 Å². The van der Waals surface area contributed by atoms with Crippen molar-refractivity contribution in [3.63, 3.8) is 0 Å². The SMILES string of the molecule is Cl.NCC12CCC(COC1)C2. The minimum atomic E-state index is 0. The van der Waals surface area contributed by atoms with E-state index in [1.807, 2.05) is 0 Å².